The molecule has 3 rings (SSSR count). The number of fused-ring (bicyclic) bond motifs is 1. The Labute approximate surface area is 142 Å². The Morgan fingerprint density at radius 2 is 1.79 bits per heavy atom. The fourth-order valence-corrected chi connectivity index (χ4v) is 2.88. The molecule has 0 radical (unpaired) electrons. The monoisotopic (exact) mass is 331 g/mol. The van der Waals surface area contributed by atoms with Crippen LogP contribution in [0.4, 0.5) is 5.82 Å². The van der Waals surface area contributed by atoms with Crippen LogP contribution in [0.1, 0.15) is 18.4 Å². The molecule has 0 spiro atoms. The van der Waals surface area contributed by atoms with Gasteiger partial charge in [0.1, 0.15) is 5.82 Å². The minimum absolute atomic E-state index is 0.591. The van der Waals surface area contributed by atoms with E-state index >= 15 is 0 Å². The summed E-state index contributed by atoms with van der Waals surface area (Å²) in [5.41, 5.74) is 1.97. The second-order valence-corrected chi connectivity index (χ2v) is 6.23. The Hall–Kier alpha value is -2.21. The summed E-state index contributed by atoms with van der Waals surface area (Å²) in [6.07, 6.45) is 2.51. The average Bonchev–Trinajstić information content (AvgIpc) is 3.41. The number of benzene rings is 1. The summed E-state index contributed by atoms with van der Waals surface area (Å²) in [6, 6.07) is 4.67. The second kappa shape index (κ2) is 6.73. The summed E-state index contributed by atoms with van der Waals surface area (Å²) in [5, 5.41) is 4.48. The van der Waals surface area contributed by atoms with Gasteiger partial charge in [0.2, 0.25) is 5.75 Å². The van der Waals surface area contributed by atoms with Crippen molar-refractivity contribution in [3.63, 3.8) is 0 Å². The molecule has 0 aliphatic heterocycles. The van der Waals surface area contributed by atoms with Gasteiger partial charge in [0.25, 0.3) is 0 Å². The Kier molecular flexibility index (Phi) is 4.66. The van der Waals surface area contributed by atoms with Crippen LogP contribution in [0, 0.1) is 0 Å². The van der Waals surface area contributed by atoms with Gasteiger partial charge < -0.3 is 24.4 Å². The highest BCUT2D eigenvalue weighted by molar-refractivity contribution is 5.92. The third-order valence-corrected chi connectivity index (χ3v) is 4.26. The third kappa shape index (κ3) is 3.06. The minimum atomic E-state index is 0.591. The van der Waals surface area contributed by atoms with Crippen molar-refractivity contribution in [1.82, 2.24) is 10.3 Å². The van der Waals surface area contributed by atoms with E-state index in [1.54, 1.807) is 21.3 Å². The molecule has 0 bridgehead atoms. The van der Waals surface area contributed by atoms with Gasteiger partial charge in [0.15, 0.2) is 11.5 Å². The molecule has 1 saturated carbocycles. The highest BCUT2D eigenvalue weighted by Gasteiger charge is 2.23. The molecular formula is C18H25N3O3. The lowest BCUT2D eigenvalue weighted by atomic mass is 10.1. The van der Waals surface area contributed by atoms with E-state index in [1.165, 1.54) is 12.8 Å². The van der Waals surface area contributed by atoms with Crippen LogP contribution in [0.2, 0.25) is 0 Å². The maximum Gasteiger partial charge on any atom is 0.204 e. The summed E-state index contributed by atoms with van der Waals surface area (Å²) < 4.78 is 16.5. The summed E-state index contributed by atoms with van der Waals surface area (Å²) in [5.74, 6) is 2.80. The SMILES string of the molecule is COc1cc2nc(N(C)C)c(CNC3CC3)cc2c(OC)c1OC. The van der Waals surface area contributed by atoms with Gasteiger partial charge >= 0.3 is 0 Å². The van der Waals surface area contributed by atoms with Crippen molar-refractivity contribution in [2.24, 2.45) is 0 Å². The molecule has 1 aliphatic carbocycles. The van der Waals surface area contributed by atoms with E-state index in [2.05, 4.69) is 11.4 Å². The van der Waals surface area contributed by atoms with Gasteiger partial charge in [-0.05, 0) is 18.9 Å². The van der Waals surface area contributed by atoms with Crippen LogP contribution in [0.3, 0.4) is 0 Å². The highest BCUT2D eigenvalue weighted by atomic mass is 16.5. The van der Waals surface area contributed by atoms with Crippen molar-refractivity contribution >= 4 is 16.7 Å². The van der Waals surface area contributed by atoms with Crippen molar-refractivity contribution in [3.8, 4) is 17.2 Å². The van der Waals surface area contributed by atoms with E-state index in [9.17, 15) is 0 Å². The average molecular weight is 331 g/mol. The Morgan fingerprint density at radius 1 is 1.08 bits per heavy atom. The smallest absolute Gasteiger partial charge is 0.204 e. The van der Waals surface area contributed by atoms with Crippen LogP contribution in [0.25, 0.3) is 10.9 Å². The standard InChI is InChI=1S/C18H25N3O3/c1-21(2)18-11(10-19-12-6-7-12)8-13-14(20-18)9-15(22-3)17(24-5)16(13)23-4/h8-9,12,19H,6-7,10H2,1-5H3. The largest absolute Gasteiger partial charge is 0.493 e. The predicted octanol–water partition coefficient (Wildman–Crippen LogP) is 2.58. The number of aromatic nitrogens is 1. The maximum atomic E-state index is 5.61. The first-order valence-corrected chi connectivity index (χ1v) is 8.12. The fraction of sp³-hybridized carbons (Fsp3) is 0.500. The lowest BCUT2D eigenvalue weighted by molar-refractivity contribution is 0.327. The van der Waals surface area contributed by atoms with Gasteiger partial charge in [-0.2, -0.15) is 0 Å². The van der Waals surface area contributed by atoms with E-state index < -0.39 is 0 Å². The Balaban J connectivity index is 2.17. The molecule has 0 saturated heterocycles. The zero-order chi connectivity index (χ0) is 17.3. The molecule has 1 aromatic heterocycles. The van der Waals surface area contributed by atoms with Gasteiger partial charge in [-0.3, -0.25) is 0 Å². The number of rotatable bonds is 7. The Morgan fingerprint density at radius 3 is 2.33 bits per heavy atom. The van der Waals surface area contributed by atoms with Gasteiger partial charge in [-0.15, -0.1) is 0 Å². The number of ether oxygens (including phenoxy) is 3. The first kappa shape index (κ1) is 16.6. The normalized spacial score (nSPS) is 13.9. The first-order valence-electron chi connectivity index (χ1n) is 8.12. The van der Waals surface area contributed by atoms with E-state index in [1.807, 2.05) is 25.1 Å². The molecule has 6 nitrogen and oxygen atoms in total. The number of nitrogens with one attached hydrogen (secondary N) is 1. The number of methoxy groups -OCH3 is 3. The molecule has 1 aliphatic rings. The molecule has 0 amide bonds. The van der Waals surface area contributed by atoms with Crippen LogP contribution in [0.5, 0.6) is 17.2 Å². The zero-order valence-electron chi connectivity index (χ0n) is 15.0. The number of pyridine rings is 1. The van der Waals surface area contributed by atoms with Crippen LogP contribution < -0.4 is 24.4 Å². The number of hydrogen-bond donors (Lipinski definition) is 1. The van der Waals surface area contributed by atoms with Crippen molar-refractivity contribution < 1.29 is 14.2 Å². The van der Waals surface area contributed by atoms with Crippen molar-refractivity contribution in [2.45, 2.75) is 25.4 Å². The molecule has 1 N–H and O–H groups in total. The lowest BCUT2D eigenvalue weighted by Gasteiger charge is -2.20. The van der Waals surface area contributed by atoms with Crippen LogP contribution >= 0.6 is 0 Å². The summed E-state index contributed by atoms with van der Waals surface area (Å²) >= 11 is 0. The van der Waals surface area contributed by atoms with Crippen molar-refractivity contribution in [2.75, 3.05) is 40.3 Å². The van der Waals surface area contributed by atoms with E-state index in [0.717, 1.165) is 28.8 Å². The van der Waals surface area contributed by atoms with Gasteiger partial charge in [-0.25, -0.2) is 4.98 Å². The first-order chi connectivity index (χ1) is 11.6. The summed E-state index contributed by atoms with van der Waals surface area (Å²) in [4.78, 5) is 6.87. The van der Waals surface area contributed by atoms with E-state index in [4.69, 9.17) is 19.2 Å². The zero-order valence-corrected chi connectivity index (χ0v) is 15.0. The minimum Gasteiger partial charge on any atom is -0.493 e. The maximum absolute atomic E-state index is 5.61. The predicted molar refractivity (Wildman–Crippen MR) is 95.6 cm³/mol. The molecule has 1 heterocycles. The molecule has 2 aromatic rings. The van der Waals surface area contributed by atoms with Crippen LogP contribution in [-0.4, -0.2) is 46.5 Å². The van der Waals surface area contributed by atoms with Crippen molar-refractivity contribution in [1.29, 1.82) is 0 Å². The lowest BCUT2D eigenvalue weighted by Crippen LogP contribution is -2.20. The topological polar surface area (TPSA) is 55.9 Å². The quantitative estimate of drug-likeness (QED) is 0.841. The Bertz CT molecular complexity index is 742. The second-order valence-electron chi connectivity index (χ2n) is 6.23. The van der Waals surface area contributed by atoms with E-state index in [-0.39, 0.29) is 0 Å². The molecule has 130 valence electrons. The number of nitrogens with zero attached hydrogens (tertiary/aromatic N) is 2. The molecule has 1 aromatic carbocycles. The molecule has 6 heteroatoms. The number of anilines is 1. The molecule has 0 unspecified atom stereocenters. The van der Waals surface area contributed by atoms with E-state index in [0.29, 0.717) is 23.3 Å². The summed E-state index contributed by atoms with van der Waals surface area (Å²) in [6.45, 7) is 0.790. The highest BCUT2D eigenvalue weighted by Crippen LogP contribution is 2.43. The van der Waals surface area contributed by atoms with Crippen LogP contribution in [-0.2, 0) is 6.54 Å². The summed E-state index contributed by atoms with van der Waals surface area (Å²) in [7, 11) is 8.88. The van der Waals surface area contributed by atoms with Crippen molar-refractivity contribution in [3.05, 3.63) is 17.7 Å². The molecular weight excluding hydrogens is 306 g/mol. The molecule has 0 atom stereocenters. The molecule has 24 heavy (non-hydrogen) atoms. The third-order valence-electron chi connectivity index (χ3n) is 4.26. The molecule has 1 fully saturated rings. The van der Waals surface area contributed by atoms with Gasteiger partial charge in [0.05, 0.1) is 26.8 Å². The van der Waals surface area contributed by atoms with Gasteiger partial charge in [0, 0.05) is 43.7 Å². The number of hydrogen-bond acceptors (Lipinski definition) is 6. The van der Waals surface area contributed by atoms with Crippen LogP contribution in [0.15, 0.2) is 12.1 Å². The van der Waals surface area contributed by atoms with Gasteiger partial charge in [-0.1, -0.05) is 0 Å². The fourth-order valence-electron chi connectivity index (χ4n) is 2.88.